The zero-order chi connectivity index (χ0) is 19.3. The second kappa shape index (κ2) is 7.96. The zero-order valence-electron chi connectivity index (χ0n) is 14.4. The molecule has 0 aliphatic rings. The summed E-state index contributed by atoms with van der Waals surface area (Å²) in [5.74, 6) is 0.618. The smallest absolute Gasteiger partial charge is 0.255 e. The summed E-state index contributed by atoms with van der Waals surface area (Å²) in [6.45, 7) is 0. The Labute approximate surface area is 151 Å². The number of methoxy groups -OCH3 is 3. The summed E-state index contributed by atoms with van der Waals surface area (Å²) in [7, 11) is 0.502. The molecule has 0 unspecified atom stereocenters. The molecule has 9 heteroatoms. The van der Waals surface area contributed by atoms with Crippen LogP contribution >= 0.6 is 0 Å². The predicted octanol–water partition coefficient (Wildman–Crippen LogP) is 2.85. The van der Waals surface area contributed by atoms with Crippen molar-refractivity contribution in [1.82, 2.24) is 0 Å². The molecule has 0 saturated carbocycles. The average molecular weight is 382 g/mol. The molecule has 0 aliphatic carbocycles. The van der Waals surface area contributed by atoms with Gasteiger partial charge in [-0.1, -0.05) is 0 Å². The molecule has 7 nitrogen and oxygen atoms in total. The number of benzene rings is 2. The van der Waals surface area contributed by atoms with Crippen molar-refractivity contribution in [2.24, 2.45) is 0 Å². The second-order valence-electron chi connectivity index (χ2n) is 5.13. The van der Waals surface area contributed by atoms with Gasteiger partial charge in [-0.15, -0.1) is 0 Å². The Morgan fingerprint density at radius 2 is 1.65 bits per heavy atom. The fraction of sp³-hybridized carbons (Fsp3) is 0.176. The van der Waals surface area contributed by atoms with Crippen LogP contribution in [0.3, 0.4) is 0 Å². The van der Waals surface area contributed by atoms with Gasteiger partial charge in [-0.05, 0) is 24.3 Å². The summed E-state index contributed by atoms with van der Waals surface area (Å²) in [6, 6.07) is 6.74. The maximum Gasteiger partial charge on any atom is 0.255 e. The van der Waals surface area contributed by atoms with Gasteiger partial charge in [-0.25, -0.2) is 12.8 Å². The SMILES string of the molecule is COc1cc(OC)c(/C=C/S(=O)(=O)Nc2ccc(F)c(N)c2)c(OC)c1. The van der Waals surface area contributed by atoms with Gasteiger partial charge in [0.05, 0.1) is 43.7 Å². The van der Waals surface area contributed by atoms with Gasteiger partial charge in [0, 0.05) is 12.1 Å². The van der Waals surface area contributed by atoms with Crippen molar-refractivity contribution in [1.29, 1.82) is 0 Å². The average Bonchev–Trinajstić information content (AvgIpc) is 2.62. The molecule has 2 aromatic carbocycles. The van der Waals surface area contributed by atoms with Crippen LogP contribution in [-0.4, -0.2) is 29.7 Å². The molecule has 0 radical (unpaired) electrons. The van der Waals surface area contributed by atoms with E-state index in [1.165, 1.54) is 39.5 Å². The van der Waals surface area contributed by atoms with E-state index >= 15 is 0 Å². The van der Waals surface area contributed by atoms with Gasteiger partial charge in [0.15, 0.2) is 0 Å². The van der Waals surface area contributed by atoms with Crippen LogP contribution in [0.2, 0.25) is 0 Å². The monoisotopic (exact) mass is 382 g/mol. The maximum absolute atomic E-state index is 13.2. The fourth-order valence-corrected chi connectivity index (χ4v) is 3.00. The van der Waals surface area contributed by atoms with Crippen molar-refractivity contribution >= 4 is 27.5 Å². The summed E-state index contributed by atoms with van der Waals surface area (Å²) >= 11 is 0. The number of nitrogens with two attached hydrogens (primary N) is 1. The lowest BCUT2D eigenvalue weighted by molar-refractivity contribution is 0.374. The minimum Gasteiger partial charge on any atom is -0.496 e. The Morgan fingerprint density at radius 1 is 1.04 bits per heavy atom. The van der Waals surface area contributed by atoms with Crippen molar-refractivity contribution in [3.05, 3.63) is 47.1 Å². The number of hydrogen-bond acceptors (Lipinski definition) is 6. The largest absolute Gasteiger partial charge is 0.496 e. The number of anilines is 2. The highest BCUT2D eigenvalue weighted by Crippen LogP contribution is 2.35. The van der Waals surface area contributed by atoms with E-state index in [0.717, 1.165) is 11.5 Å². The summed E-state index contributed by atoms with van der Waals surface area (Å²) < 4.78 is 55.6. The maximum atomic E-state index is 13.2. The van der Waals surface area contributed by atoms with E-state index in [1.54, 1.807) is 12.1 Å². The summed E-state index contributed by atoms with van der Waals surface area (Å²) in [5.41, 5.74) is 5.83. The molecular formula is C17H19FN2O5S. The molecule has 0 atom stereocenters. The molecular weight excluding hydrogens is 363 g/mol. The molecule has 0 fully saturated rings. The van der Waals surface area contributed by atoms with Crippen LogP contribution < -0.4 is 24.7 Å². The van der Waals surface area contributed by atoms with Crippen LogP contribution in [-0.2, 0) is 10.0 Å². The second-order valence-corrected chi connectivity index (χ2v) is 6.70. The molecule has 0 aliphatic heterocycles. The molecule has 0 bridgehead atoms. The third kappa shape index (κ3) is 4.57. The molecule has 26 heavy (non-hydrogen) atoms. The zero-order valence-corrected chi connectivity index (χ0v) is 15.3. The highest BCUT2D eigenvalue weighted by atomic mass is 32.2. The van der Waals surface area contributed by atoms with E-state index in [9.17, 15) is 12.8 Å². The quantitative estimate of drug-likeness (QED) is 0.715. The van der Waals surface area contributed by atoms with Crippen LogP contribution in [0.4, 0.5) is 15.8 Å². The lowest BCUT2D eigenvalue weighted by Gasteiger charge is -2.12. The topological polar surface area (TPSA) is 99.9 Å². The Hall–Kier alpha value is -2.94. The van der Waals surface area contributed by atoms with Crippen LogP contribution in [0.5, 0.6) is 17.2 Å². The van der Waals surface area contributed by atoms with Crippen LogP contribution in [0.25, 0.3) is 6.08 Å². The standard InChI is InChI=1S/C17H19FN2O5S/c1-23-12-9-16(24-2)13(17(10-12)25-3)6-7-26(21,22)20-11-4-5-14(18)15(19)8-11/h4-10,20H,19H2,1-3H3/b7-6+. The van der Waals surface area contributed by atoms with Crippen molar-refractivity contribution in [3.8, 4) is 17.2 Å². The van der Waals surface area contributed by atoms with Crippen molar-refractivity contribution in [2.45, 2.75) is 0 Å². The lowest BCUT2D eigenvalue weighted by atomic mass is 10.1. The van der Waals surface area contributed by atoms with E-state index < -0.39 is 15.8 Å². The first-order valence-electron chi connectivity index (χ1n) is 7.35. The van der Waals surface area contributed by atoms with Crippen molar-refractivity contribution < 1.29 is 27.0 Å². The molecule has 140 valence electrons. The number of hydrogen-bond donors (Lipinski definition) is 2. The number of sulfonamides is 1. The Kier molecular flexibility index (Phi) is 5.93. The normalized spacial score (nSPS) is 11.4. The molecule has 2 aromatic rings. The first-order chi connectivity index (χ1) is 12.3. The molecule has 0 spiro atoms. The van der Waals surface area contributed by atoms with E-state index in [4.69, 9.17) is 19.9 Å². The minimum absolute atomic E-state index is 0.141. The summed E-state index contributed by atoms with van der Waals surface area (Å²) in [6.07, 6.45) is 1.33. The highest BCUT2D eigenvalue weighted by Gasteiger charge is 2.13. The number of ether oxygens (including phenoxy) is 3. The molecule has 0 heterocycles. The predicted molar refractivity (Wildman–Crippen MR) is 98.5 cm³/mol. The molecule has 0 amide bonds. The Morgan fingerprint density at radius 3 is 2.15 bits per heavy atom. The fourth-order valence-electron chi connectivity index (χ4n) is 2.16. The summed E-state index contributed by atoms with van der Waals surface area (Å²) in [4.78, 5) is 0. The van der Waals surface area contributed by atoms with Crippen LogP contribution in [0, 0.1) is 5.82 Å². The number of nitrogen functional groups attached to an aromatic ring is 1. The van der Waals surface area contributed by atoms with Gasteiger partial charge in [0.1, 0.15) is 23.1 Å². The molecule has 2 rings (SSSR count). The minimum atomic E-state index is -3.88. The van der Waals surface area contributed by atoms with E-state index in [0.29, 0.717) is 22.8 Å². The van der Waals surface area contributed by atoms with E-state index in [1.807, 2.05) is 0 Å². The van der Waals surface area contributed by atoms with Crippen LogP contribution in [0.1, 0.15) is 5.56 Å². The van der Waals surface area contributed by atoms with Crippen molar-refractivity contribution in [3.63, 3.8) is 0 Å². The number of rotatable bonds is 7. The number of halogens is 1. The van der Waals surface area contributed by atoms with E-state index in [-0.39, 0.29) is 11.4 Å². The van der Waals surface area contributed by atoms with Crippen LogP contribution in [0.15, 0.2) is 35.7 Å². The molecule has 3 N–H and O–H groups in total. The first kappa shape index (κ1) is 19.4. The third-order valence-corrected chi connectivity index (χ3v) is 4.44. The van der Waals surface area contributed by atoms with Gasteiger partial charge in [0.2, 0.25) is 0 Å². The van der Waals surface area contributed by atoms with Gasteiger partial charge in [0.25, 0.3) is 10.0 Å². The number of nitrogens with one attached hydrogen (secondary N) is 1. The van der Waals surface area contributed by atoms with Gasteiger partial charge >= 0.3 is 0 Å². The highest BCUT2D eigenvalue weighted by molar-refractivity contribution is 7.95. The molecule has 0 saturated heterocycles. The molecule has 0 aromatic heterocycles. The van der Waals surface area contributed by atoms with Gasteiger partial charge < -0.3 is 19.9 Å². The first-order valence-corrected chi connectivity index (χ1v) is 8.90. The van der Waals surface area contributed by atoms with E-state index in [2.05, 4.69) is 4.72 Å². The van der Waals surface area contributed by atoms with Crippen molar-refractivity contribution in [2.75, 3.05) is 31.8 Å². The Balaban J connectivity index is 2.33. The Bertz CT molecular complexity index is 904. The lowest BCUT2D eigenvalue weighted by Crippen LogP contribution is -2.09. The van der Waals surface area contributed by atoms with Gasteiger partial charge in [-0.2, -0.15) is 0 Å². The summed E-state index contributed by atoms with van der Waals surface area (Å²) in [5, 5.41) is 0.944. The van der Waals surface area contributed by atoms with Gasteiger partial charge in [-0.3, -0.25) is 4.72 Å². The third-order valence-electron chi connectivity index (χ3n) is 3.42.